The van der Waals surface area contributed by atoms with E-state index in [0.717, 1.165) is 5.56 Å². The topological polar surface area (TPSA) is 72.2 Å². The SMILES string of the molecule is CC(C(NN)c1ccsc1)S(C)(=O)=O. The zero-order chi connectivity index (χ0) is 10.8. The van der Waals surface area contributed by atoms with Gasteiger partial charge in [0.1, 0.15) is 0 Å². The first-order valence-electron chi connectivity index (χ1n) is 4.14. The number of nitrogens with two attached hydrogens (primary N) is 1. The first kappa shape index (κ1) is 11.6. The van der Waals surface area contributed by atoms with E-state index in [-0.39, 0.29) is 6.04 Å². The largest absolute Gasteiger partial charge is 0.271 e. The first-order chi connectivity index (χ1) is 6.46. The molecule has 0 aromatic carbocycles. The van der Waals surface area contributed by atoms with Gasteiger partial charge in [-0.25, -0.2) is 8.42 Å². The van der Waals surface area contributed by atoms with Crippen molar-refractivity contribution in [2.45, 2.75) is 18.2 Å². The lowest BCUT2D eigenvalue weighted by atomic mass is 10.1. The van der Waals surface area contributed by atoms with Crippen LogP contribution in [0.15, 0.2) is 16.8 Å². The maximum absolute atomic E-state index is 11.3. The summed E-state index contributed by atoms with van der Waals surface area (Å²) in [5.74, 6) is 5.35. The third-order valence-corrected chi connectivity index (χ3v) is 4.55. The summed E-state index contributed by atoms with van der Waals surface area (Å²) in [4.78, 5) is 0. The number of hydrogen-bond donors (Lipinski definition) is 2. The van der Waals surface area contributed by atoms with Gasteiger partial charge in [0.2, 0.25) is 0 Å². The van der Waals surface area contributed by atoms with Crippen LogP contribution in [0, 0.1) is 0 Å². The van der Waals surface area contributed by atoms with Gasteiger partial charge in [-0.3, -0.25) is 11.3 Å². The Morgan fingerprint density at radius 2 is 2.21 bits per heavy atom. The highest BCUT2D eigenvalue weighted by Gasteiger charge is 2.26. The van der Waals surface area contributed by atoms with Crippen LogP contribution in [0.5, 0.6) is 0 Å². The molecule has 0 spiro atoms. The molecule has 6 heteroatoms. The highest BCUT2D eigenvalue weighted by molar-refractivity contribution is 7.91. The minimum Gasteiger partial charge on any atom is -0.271 e. The van der Waals surface area contributed by atoms with Crippen LogP contribution in [0.1, 0.15) is 18.5 Å². The number of thiophene rings is 1. The van der Waals surface area contributed by atoms with Crippen LogP contribution in [0.3, 0.4) is 0 Å². The number of rotatable bonds is 4. The molecule has 1 aromatic rings. The van der Waals surface area contributed by atoms with Gasteiger partial charge in [-0.1, -0.05) is 0 Å². The summed E-state index contributed by atoms with van der Waals surface area (Å²) in [6.45, 7) is 1.65. The molecule has 1 rings (SSSR count). The average molecular weight is 234 g/mol. The molecule has 2 unspecified atom stereocenters. The second-order valence-corrected chi connectivity index (χ2v) is 6.42. The van der Waals surface area contributed by atoms with E-state index in [1.165, 1.54) is 17.6 Å². The highest BCUT2D eigenvalue weighted by Crippen LogP contribution is 2.22. The molecule has 1 heterocycles. The summed E-state index contributed by atoms with van der Waals surface area (Å²) in [6.07, 6.45) is 1.22. The molecular weight excluding hydrogens is 220 g/mol. The van der Waals surface area contributed by atoms with Gasteiger partial charge in [0.25, 0.3) is 0 Å². The quantitative estimate of drug-likeness (QED) is 0.594. The molecule has 1 aromatic heterocycles. The number of sulfone groups is 1. The predicted octanol–water partition coefficient (Wildman–Crippen LogP) is 0.686. The highest BCUT2D eigenvalue weighted by atomic mass is 32.2. The molecular formula is C8H14N2O2S2. The molecule has 0 fully saturated rings. The molecule has 0 bridgehead atoms. The Labute approximate surface area is 88.0 Å². The van der Waals surface area contributed by atoms with Crippen LogP contribution in [-0.4, -0.2) is 19.9 Å². The van der Waals surface area contributed by atoms with Gasteiger partial charge >= 0.3 is 0 Å². The summed E-state index contributed by atoms with van der Waals surface area (Å²) in [5, 5.41) is 3.27. The molecule has 0 aliphatic carbocycles. The number of hydrogen-bond acceptors (Lipinski definition) is 5. The Morgan fingerprint density at radius 3 is 2.57 bits per heavy atom. The van der Waals surface area contributed by atoms with Gasteiger partial charge in [0.15, 0.2) is 9.84 Å². The van der Waals surface area contributed by atoms with E-state index in [4.69, 9.17) is 5.84 Å². The number of nitrogens with one attached hydrogen (secondary N) is 1. The fourth-order valence-electron chi connectivity index (χ4n) is 1.20. The molecule has 0 radical (unpaired) electrons. The van der Waals surface area contributed by atoms with Gasteiger partial charge in [-0.05, 0) is 29.3 Å². The standard InChI is InChI=1S/C8H14N2O2S2/c1-6(14(2,11)12)8(10-9)7-3-4-13-5-7/h3-6,8,10H,9H2,1-2H3. The van der Waals surface area contributed by atoms with Crippen molar-refractivity contribution >= 4 is 21.2 Å². The van der Waals surface area contributed by atoms with Crippen molar-refractivity contribution in [1.82, 2.24) is 5.43 Å². The summed E-state index contributed by atoms with van der Waals surface area (Å²) < 4.78 is 22.7. The Balaban J connectivity index is 2.94. The van der Waals surface area contributed by atoms with Crippen molar-refractivity contribution in [1.29, 1.82) is 0 Å². The molecule has 0 saturated carbocycles. The summed E-state index contributed by atoms with van der Waals surface area (Å²) in [5.41, 5.74) is 3.45. The zero-order valence-electron chi connectivity index (χ0n) is 8.10. The third-order valence-electron chi connectivity index (χ3n) is 2.23. The predicted molar refractivity (Wildman–Crippen MR) is 58.7 cm³/mol. The van der Waals surface area contributed by atoms with E-state index < -0.39 is 15.1 Å². The molecule has 2 atom stereocenters. The lowest BCUT2D eigenvalue weighted by Crippen LogP contribution is -2.38. The Morgan fingerprint density at radius 1 is 1.57 bits per heavy atom. The van der Waals surface area contributed by atoms with Crippen molar-refractivity contribution in [2.75, 3.05) is 6.26 Å². The van der Waals surface area contributed by atoms with E-state index in [1.807, 2.05) is 16.8 Å². The lowest BCUT2D eigenvalue weighted by Gasteiger charge is -2.20. The fraction of sp³-hybridized carbons (Fsp3) is 0.500. The minimum absolute atomic E-state index is 0.337. The second-order valence-electron chi connectivity index (χ2n) is 3.24. The van der Waals surface area contributed by atoms with Crippen molar-refractivity contribution in [2.24, 2.45) is 5.84 Å². The van der Waals surface area contributed by atoms with E-state index in [9.17, 15) is 8.42 Å². The van der Waals surface area contributed by atoms with Crippen LogP contribution >= 0.6 is 11.3 Å². The maximum atomic E-state index is 11.3. The Bertz CT molecular complexity index is 372. The van der Waals surface area contributed by atoms with Crippen LogP contribution < -0.4 is 11.3 Å². The Hall–Kier alpha value is -0.430. The second kappa shape index (κ2) is 4.39. The number of hydrazine groups is 1. The van der Waals surface area contributed by atoms with Crippen LogP contribution in [0.4, 0.5) is 0 Å². The molecule has 80 valence electrons. The van der Waals surface area contributed by atoms with E-state index in [2.05, 4.69) is 5.43 Å². The normalized spacial score (nSPS) is 16.5. The zero-order valence-corrected chi connectivity index (χ0v) is 9.73. The molecule has 0 aliphatic heterocycles. The van der Waals surface area contributed by atoms with Crippen LogP contribution in [0.2, 0.25) is 0 Å². The molecule has 0 amide bonds. The molecule has 0 saturated heterocycles. The molecule has 4 nitrogen and oxygen atoms in total. The van der Waals surface area contributed by atoms with Gasteiger partial charge in [-0.2, -0.15) is 11.3 Å². The minimum atomic E-state index is -3.08. The first-order valence-corrected chi connectivity index (χ1v) is 7.03. The van der Waals surface area contributed by atoms with Crippen molar-refractivity contribution in [3.8, 4) is 0 Å². The van der Waals surface area contributed by atoms with Crippen molar-refractivity contribution < 1.29 is 8.42 Å². The van der Waals surface area contributed by atoms with Crippen LogP contribution in [0.25, 0.3) is 0 Å². The van der Waals surface area contributed by atoms with Gasteiger partial charge in [0.05, 0.1) is 11.3 Å². The van der Waals surface area contributed by atoms with E-state index in [0.29, 0.717) is 0 Å². The molecule has 0 aliphatic rings. The summed E-state index contributed by atoms with van der Waals surface area (Å²) in [7, 11) is -3.08. The lowest BCUT2D eigenvalue weighted by molar-refractivity contribution is 0.514. The molecule has 14 heavy (non-hydrogen) atoms. The summed E-state index contributed by atoms with van der Waals surface area (Å²) in [6, 6.07) is 1.54. The van der Waals surface area contributed by atoms with Crippen molar-refractivity contribution in [3.05, 3.63) is 22.4 Å². The average Bonchev–Trinajstić information content (AvgIpc) is 2.57. The van der Waals surface area contributed by atoms with Crippen LogP contribution in [-0.2, 0) is 9.84 Å². The van der Waals surface area contributed by atoms with E-state index in [1.54, 1.807) is 6.92 Å². The van der Waals surface area contributed by atoms with E-state index >= 15 is 0 Å². The Kier molecular flexibility index (Phi) is 3.65. The van der Waals surface area contributed by atoms with Gasteiger partial charge in [-0.15, -0.1) is 0 Å². The fourth-order valence-corrected chi connectivity index (χ4v) is 2.63. The van der Waals surface area contributed by atoms with Gasteiger partial charge in [0, 0.05) is 6.26 Å². The van der Waals surface area contributed by atoms with Crippen molar-refractivity contribution in [3.63, 3.8) is 0 Å². The molecule has 3 N–H and O–H groups in total. The summed E-state index contributed by atoms with van der Waals surface area (Å²) >= 11 is 1.52. The smallest absolute Gasteiger partial charge is 0.151 e. The van der Waals surface area contributed by atoms with Gasteiger partial charge < -0.3 is 0 Å². The third kappa shape index (κ3) is 2.54. The monoisotopic (exact) mass is 234 g/mol. The maximum Gasteiger partial charge on any atom is 0.151 e.